The molecule has 23 heavy (non-hydrogen) atoms. The Morgan fingerprint density at radius 1 is 1.13 bits per heavy atom. The van der Waals surface area contributed by atoms with Crippen LogP contribution in [0.1, 0.15) is 33.6 Å². The summed E-state index contributed by atoms with van der Waals surface area (Å²) in [7, 11) is 0. The molecule has 1 unspecified atom stereocenters. The van der Waals surface area contributed by atoms with Crippen LogP contribution in [0, 0.1) is 5.92 Å². The molecule has 0 bridgehead atoms. The molecule has 2 N–H and O–H groups in total. The van der Waals surface area contributed by atoms with Crippen LogP contribution in [-0.4, -0.2) is 21.7 Å². The molecule has 0 fully saturated rings. The minimum Gasteiger partial charge on any atom is -0.352 e. The average molecular weight is 317 g/mol. The topological polar surface area (TPSA) is 84.0 Å². The summed E-state index contributed by atoms with van der Waals surface area (Å²) in [5, 5.41) is 5.97. The maximum Gasteiger partial charge on any atom is 0.273 e. The molecule has 6 nitrogen and oxygen atoms in total. The van der Waals surface area contributed by atoms with Gasteiger partial charge in [-0.3, -0.25) is 19.5 Å². The highest BCUT2D eigenvalue weighted by atomic mass is 16.2. The van der Waals surface area contributed by atoms with Crippen LogP contribution in [0.2, 0.25) is 0 Å². The van der Waals surface area contributed by atoms with Crippen molar-refractivity contribution in [2.75, 3.05) is 0 Å². The van der Waals surface area contributed by atoms with E-state index in [-0.39, 0.29) is 29.6 Å². The van der Waals surface area contributed by atoms with Gasteiger partial charge in [-0.2, -0.15) is 0 Å². The number of aromatic amines is 1. The fraction of sp³-hybridized carbons (Fsp3) is 0.471. The molecule has 1 aromatic carbocycles. The first-order chi connectivity index (χ1) is 10.9. The number of H-pyrrole nitrogens is 1. The Bertz CT molecular complexity index is 805. The summed E-state index contributed by atoms with van der Waals surface area (Å²) in [6.07, 6.45) is 1.90. The molecule has 124 valence electrons. The van der Waals surface area contributed by atoms with Crippen LogP contribution in [0.4, 0.5) is 0 Å². The molecule has 1 heterocycles. The molecule has 2 rings (SSSR count). The summed E-state index contributed by atoms with van der Waals surface area (Å²) >= 11 is 0. The van der Waals surface area contributed by atoms with E-state index in [0.717, 1.165) is 17.5 Å². The number of hydrogen-bond acceptors (Lipinski definition) is 3. The monoisotopic (exact) mass is 317 g/mol. The van der Waals surface area contributed by atoms with Gasteiger partial charge in [-0.15, -0.1) is 0 Å². The van der Waals surface area contributed by atoms with Gasteiger partial charge in [0.2, 0.25) is 5.91 Å². The lowest BCUT2D eigenvalue weighted by Gasteiger charge is -2.15. The summed E-state index contributed by atoms with van der Waals surface area (Å²) in [4.78, 5) is 36.4. The fourth-order valence-electron chi connectivity index (χ4n) is 2.48. The molecule has 0 radical (unpaired) electrons. The van der Waals surface area contributed by atoms with Crippen LogP contribution in [0.3, 0.4) is 0 Å². The quantitative estimate of drug-likeness (QED) is 0.849. The van der Waals surface area contributed by atoms with Gasteiger partial charge in [-0.05, 0) is 37.8 Å². The maximum absolute atomic E-state index is 12.3. The first kappa shape index (κ1) is 17.0. The van der Waals surface area contributed by atoms with E-state index in [1.54, 1.807) is 24.3 Å². The third-order valence-corrected chi connectivity index (χ3v) is 3.77. The van der Waals surface area contributed by atoms with Gasteiger partial charge in [-0.25, -0.2) is 4.68 Å². The number of fused-ring (bicyclic) bond motifs is 1. The smallest absolute Gasteiger partial charge is 0.273 e. The molecule has 0 saturated carbocycles. The minimum atomic E-state index is -0.374. The number of nitrogens with zero attached hydrogens (tertiary/aromatic N) is 1. The number of hydrogen-bond donors (Lipinski definition) is 2. The second-order valence-electron chi connectivity index (χ2n) is 6.32. The van der Waals surface area contributed by atoms with E-state index >= 15 is 0 Å². The normalized spacial score (nSPS) is 12.5. The summed E-state index contributed by atoms with van der Waals surface area (Å²) in [5.41, 5.74) is -0.744. The van der Waals surface area contributed by atoms with Gasteiger partial charge in [0.1, 0.15) is 6.54 Å². The summed E-state index contributed by atoms with van der Waals surface area (Å²) in [6.45, 7) is 6.01. The van der Waals surface area contributed by atoms with E-state index < -0.39 is 0 Å². The van der Waals surface area contributed by atoms with E-state index in [1.165, 1.54) is 0 Å². The number of amides is 1. The van der Waals surface area contributed by atoms with Crippen molar-refractivity contribution in [2.24, 2.45) is 5.92 Å². The molecule has 0 saturated heterocycles. The Morgan fingerprint density at radius 2 is 1.78 bits per heavy atom. The molecule has 0 spiro atoms. The first-order valence-electron chi connectivity index (χ1n) is 7.89. The number of aromatic nitrogens is 2. The highest BCUT2D eigenvalue weighted by Crippen LogP contribution is 2.06. The van der Waals surface area contributed by atoms with Gasteiger partial charge in [0.15, 0.2) is 0 Å². The number of carbonyl (C=O) groups is 1. The summed E-state index contributed by atoms with van der Waals surface area (Å²) in [5.74, 6) is 0.295. The molecular weight excluding hydrogens is 294 g/mol. The maximum atomic E-state index is 12.3. The molecule has 2 aromatic rings. The SMILES string of the molecule is CC(C)CCC(C)NC(=O)Cn1[nH]c(=O)c2ccccc2c1=O. The van der Waals surface area contributed by atoms with Crippen LogP contribution in [0.15, 0.2) is 33.9 Å². The number of rotatable bonds is 6. The van der Waals surface area contributed by atoms with Crippen LogP contribution < -0.4 is 16.4 Å². The second-order valence-corrected chi connectivity index (χ2v) is 6.32. The Balaban J connectivity index is 2.13. The molecule has 1 amide bonds. The molecule has 6 heteroatoms. The zero-order chi connectivity index (χ0) is 17.0. The Hall–Kier alpha value is -2.37. The van der Waals surface area contributed by atoms with Crippen molar-refractivity contribution in [1.29, 1.82) is 0 Å². The Morgan fingerprint density at radius 3 is 2.43 bits per heavy atom. The summed E-state index contributed by atoms with van der Waals surface area (Å²) < 4.78 is 1.06. The standard InChI is InChI=1S/C17H23N3O3/c1-11(2)8-9-12(3)18-15(21)10-20-17(23)14-7-5-4-6-13(14)16(22)19-20/h4-7,11-12H,8-10H2,1-3H3,(H,18,21)(H,19,22). The highest BCUT2D eigenvalue weighted by Gasteiger charge is 2.12. The lowest BCUT2D eigenvalue weighted by atomic mass is 10.0. The van der Waals surface area contributed by atoms with E-state index in [0.29, 0.717) is 16.7 Å². The van der Waals surface area contributed by atoms with Gasteiger partial charge in [-0.1, -0.05) is 26.0 Å². The first-order valence-corrected chi connectivity index (χ1v) is 7.89. The van der Waals surface area contributed by atoms with Gasteiger partial charge >= 0.3 is 0 Å². The number of benzene rings is 1. The number of carbonyl (C=O) groups excluding carboxylic acids is 1. The van der Waals surface area contributed by atoms with Crippen LogP contribution in [-0.2, 0) is 11.3 Å². The molecule has 0 aliphatic rings. The van der Waals surface area contributed by atoms with Crippen molar-refractivity contribution in [3.63, 3.8) is 0 Å². The third-order valence-electron chi connectivity index (χ3n) is 3.77. The van der Waals surface area contributed by atoms with Crippen molar-refractivity contribution in [3.05, 3.63) is 45.0 Å². The Kier molecular flexibility index (Phi) is 5.36. The van der Waals surface area contributed by atoms with Crippen molar-refractivity contribution in [3.8, 4) is 0 Å². The van der Waals surface area contributed by atoms with E-state index in [1.807, 2.05) is 6.92 Å². The molecule has 1 aromatic heterocycles. The predicted octanol–water partition coefficient (Wildman–Crippen LogP) is 1.63. The summed E-state index contributed by atoms with van der Waals surface area (Å²) in [6, 6.07) is 6.61. The third kappa shape index (κ3) is 4.31. The minimum absolute atomic E-state index is 0.0350. The van der Waals surface area contributed by atoms with Crippen LogP contribution >= 0.6 is 0 Å². The fourth-order valence-corrected chi connectivity index (χ4v) is 2.48. The lowest BCUT2D eigenvalue weighted by molar-refractivity contribution is -0.122. The largest absolute Gasteiger partial charge is 0.352 e. The van der Waals surface area contributed by atoms with E-state index in [9.17, 15) is 14.4 Å². The van der Waals surface area contributed by atoms with Crippen molar-refractivity contribution in [2.45, 2.75) is 46.2 Å². The second kappa shape index (κ2) is 7.26. The van der Waals surface area contributed by atoms with E-state index in [4.69, 9.17) is 0 Å². The predicted molar refractivity (Wildman–Crippen MR) is 90.5 cm³/mol. The van der Waals surface area contributed by atoms with Crippen molar-refractivity contribution >= 4 is 16.7 Å². The van der Waals surface area contributed by atoms with Crippen molar-refractivity contribution < 1.29 is 4.79 Å². The lowest BCUT2D eigenvalue weighted by Crippen LogP contribution is -2.40. The van der Waals surface area contributed by atoms with Crippen LogP contribution in [0.5, 0.6) is 0 Å². The van der Waals surface area contributed by atoms with E-state index in [2.05, 4.69) is 24.3 Å². The van der Waals surface area contributed by atoms with Crippen molar-refractivity contribution in [1.82, 2.24) is 15.1 Å². The highest BCUT2D eigenvalue weighted by molar-refractivity contribution is 5.81. The Labute approximate surface area is 134 Å². The number of nitrogens with one attached hydrogen (secondary N) is 2. The molecule has 1 atom stereocenters. The molecule has 0 aliphatic heterocycles. The van der Waals surface area contributed by atoms with Gasteiger partial charge < -0.3 is 5.32 Å². The zero-order valence-corrected chi connectivity index (χ0v) is 13.8. The van der Waals surface area contributed by atoms with Gasteiger partial charge in [0, 0.05) is 6.04 Å². The van der Waals surface area contributed by atoms with Gasteiger partial charge in [0.05, 0.1) is 10.8 Å². The van der Waals surface area contributed by atoms with Gasteiger partial charge in [0.25, 0.3) is 11.1 Å². The molecular formula is C17H23N3O3. The zero-order valence-electron chi connectivity index (χ0n) is 13.8. The average Bonchev–Trinajstić information content (AvgIpc) is 2.50. The van der Waals surface area contributed by atoms with Crippen LogP contribution in [0.25, 0.3) is 10.8 Å². The molecule has 0 aliphatic carbocycles.